The molecule has 112 valence electrons. The van der Waals surface area contributed by atoms with Crippen molar-refractivity contribution in [2.75, 3.05) is 0 Å². The van der Waals surface area contributed by atoms with Gasteiger partial charge in [-0.2, -0.15) is 0 Å². The lowest BCUT2D eigenvalue weighted by Crippen LogP contribution is -2.19. The molecule has 4 nitrogen and oxygen atoms in total. The van der Waals surface area contributed by atoms with Crippen LogP contribution in [0.4, 0.5) is 0 Å². The highest BCUT2D eigenvalue weighted by Gasteiger charge is 2.39. The summed E-state index contributed by atoms with van der Waals surface area (Å²) in [6.45, 7) is 1.81. The molecule has 0 aliphatic heterocycles. The van der Waals surface area contributed by atoms with Gasteiger partial charge in [-0.1, -0.05) is 48.0 Å². The van der Waals surface area contributed by atoms with Crippen LogP contribution in [0.1, 0.15) is 15.7 Å². The Morgan fingerprint density at radius 2 is 1.38 bits per heavy atom. The molecule has 0 amide bonds. The van der Waals surface area contributed by atoms with Gasteiger partial charge in [0.1, 0.15) is 0 Å². The Hall–Kier alpha value is -1.37. The van der Waals surface area contributed by atoms with Crippen LogP contribution in [-0.2, 0) is 18.9 Å². The number of aryl methyl sites for hydroxylation is 1. The van der Waals surface area contributed by atoms with Crippen molar-refractivity contribution >= 4 is 29.6 Å². The first-order chi connectivity index (χ1) is 9.73. The summed E-state index contributed by atoms with van der Waals surface area (Å²) < 4.78 is 47.0. The fourth-order valence-corrected chi connectivity index (χ4v) is 6.43. The van der Waals surface area contributed by atoms with Crippen LogP contribution in [0.2, 0.25) is 0 Å². The molecule has 0 aromatic heterocycles. The first-order valence-electron chi connectivity index (χ1n) is 6.02. The third kappa shape index (κ3) is 3.45. The number of benzene rings is 2. The minimum absolute atomic E-state index is 0.0776. The predicted molar refractivity (Wildman–Crippen MR) is 82.3 cm³/mol. The van der Waals surface area contributed by atoms with E-state index in [0.29, 0.717) is 0 Å². The third-order valence-corrected chi connectivity index (χ3v) is 7.88. The van der Waals surface area contributed by atoms with Gasteiger partial charge in [-0.3, -0.25) is 0 Å². The topological polar surface area (TPSA) is 68.3 Å². The van der Waals surface area contributed by atoms with Gasteiger partial charge >= 0.3 is 0 Å². The maximum absolute atomic E-state index is 12.6. The maximum Gasteiger partial charge on any atom is 0.254 e. The van der Waals surface area contributed by atoms with Crippen molar-refractivity contribution in [3.63, 3.8) is 0 Å². The maximum atomic E-state index is 12.6. The van der Waals surface area contributed by atoms with Crippen LogP contribution in [0.5, 0.6) is 0 Å². The fourth-order valence-electron chi connectivity index (χ4n) is 1.95. The van der Waals surface area contributed by atoms with Gasteiger partial charge in [0.15, 0.2) is 0 Å². The highest BCUT2D eigenvalue weighted by molar-refractivity contribution is 8.21. The fraction of sp³-hybridized carbons (Fsp3) is 0.143. The van der Waals surface area contributed by atoms with Crippen molar-refractivity contribution in [1.29, 1.82) is 0 Å². The smallest absolute Gasteiger partial charge is 0.222 e. The second-order valence-electron chi connectivity index (χ2n) is 4.58. The second-order valence-corrected chi connectivity index (χ2v) is 9.62. The van der Waals surface area contributed by atoms with Crippen LogP contribution >= 0.6 is 10.7 Å². The molecule has 0 fully saturated rings. The quantitative estimate of drug-likeness (QED) is 0.799. The van der Waals surface area contributed by atoms with Crippen LogP contribution < -0.4 is 0 Å². The standard InChI is InChI=1S/C14H13ClO4S2/c1-11-7-9-13(10-8-11)20(16,17)14(21(15,18)19)12-5-3-2-4-6-12/h2-10,14H,1H3. The number of sulfone groups is 1. The van der Waals surface area contributed by atoms with E-state index in [0.717, 1.165) is 5.56 Å². The molecule has 0 aliphatic carbocycles. The summed E-state index contributed by atoms with van der Waals surface area (Å²) in [6.07, 6.45) is 0. The molecular weight excluding hydrogens is 332 g/mol. The van der Waals surface area contributed by atoms with Crippen molar-refractivity contribution in [2.24, 2.45) is 0 Å². The molecule has 0 N–H and O–H groups in total. The highest BCUT2D eigenvalue weighted by Crippen LogP contribution is 2.35. The molecule has 0 radical (unpaired) electrons. The number of rotatable bonds is 4. The lowest BCUT2D eigenvalue weighted by atomic mass is 10.2. The van der Waals surface area contributed by atoms with Crippen molar-refractivity contribution in [2.45, 2.75) is 16.4 Å². The van der Waals surface area contributed by atoms with Crippen LogP contribution in [0.25, 0.3) is 0 Å². The normalized spacial score (nSPS) is 13.8. The van der Waals surface area contributed by atoms with E-state index in [1.165, 1.54) is 24.3 Å². The monoisotopic (exact) mass is 344 g/mol. The minimum atomic E-state index is -4.35. The Labute approximate surface area is 128 Å². The average molecular weight is 345 g/mol. The summed E-state index contributed by atoms with van der Waals surface area (Å²) in [5, 5.41) is 0. The lowest BCUT2D eigenvalue weighted by molar-refractivity contribution is 0.583. The molecule has 0 bridgehead atoms. The van der Waals surface area contributed by atoms with E-state index < -0.39 is 23.5 Å². The largest absolute Gasteiger partial charge is 0.254 e. The number of hydrogen-bond acceptors (Lipinski definition) is 4. The van der Waals surface area contributed by atoms with Crippen LogP contribution in [-0.4, -0.2) is 16.8 Å². The Balaban J connectivity index is 2.64. The van der Waals surface area contributed by atoms with Gasteiger partial charge in [-0.25, -0.2) is 16.8 Å². The third-order valence-electron chi connectivity index (χ3n) is 2.96. The van der Waals surface area contributed by atoms with Crippen LogP contribution in [0.3, 0.4) is 0 Å². The summed E-state index contributed by atoms with van der Waals surface area (Å²) in [6, 6.07) is 13.6. The number of halogens is 1. The first-order valence-corrected chi connectivity index (χ1v) is 9.94. The lowest BCUT2D eigenvalue weighted by Gasteiger charge is -2.15. The van der Waals surface area contributed by atoms with E-state index >= 15 is 0 Å². The Bertz CT molecular complexity index is 826. The van der Waals surface area contributed by atoms with Gasteiger partial charge in [0.2, 0.25) is 14.4 Å². The Kier molecular flexibility index (Phi) is 4.41. The molecule has 0 saturated carbocycles. The van der Waals surface area contributed by atoms with E-state index in [1.807, 2.05) is 6.92 Å². The zero-order valence-corrected chi connectivity index (χ0v) is 13.5. The molecule has 2 aromatic rings. The van der Waals surface area contributed by atoms with E-state index in [1.54, 1.807) is 30.3 Å². The van der Waals surface area contributed by atoms with Crippen LogP contribution in [0, 0.1) is 6.92 Å². The second kappa shape index (κ2) is 5.79. The van der Waals surface area contributed by atoms with E-state index in [-0.39, 0.29) is 10.5 Å². The van der Waals surface area contributed by atoms with Crippen molar-refractivity contribution in [3.05, 3.63) is 65.7 Å². The molecule has 21 heavy (non-hydrogen) atoms. The molecule has 0 saturated heterocycles. The summed E-state index contributed by atoms with van der Waals surface area (Å²) in [5.41, 5.74) is 0.993. The molecule has 1 atom stereocenters. The summed E-state index contributed by atoms with van der Waals surface area (Å²) in [7, 11) is -3.11. The van der Waals surface area contributed by atoms with Gasteiger partial charge < -0.3 is 0 Å². The molecule has 1 unspecified atom stereocenters. The van der Waals surface area contributed by atoms with Gasteiger partial charge in [0.25, 0.3) is 9.05 Å². The summed E-state index contributed by atoms with van der Waals surface area (Å²) in [4.78, 5) is -0.0776. The molecule has 7 heteroatoms. The van der Waals surface area contributed by atoms with Crippen molar-refractivity contribution in [1.82, 2.24) is 0 Å². The van der Waals surface area contributed by atoms with Gasteiger partial charge in [-0.05, 0) is 24.6 Å². The molecule has 2 rings (SSSR count). The Morgan fingerprint density at radius 1 is 0.857 bits per heavy atom. The Morgan fingerprint density at radius 3 is 1.86 bits per heavy atom. The molecular formula is C14H13ClO4S2. The molecule has 0 heterocycles. The molecule has 2 aromatic carbocycles. The van der Waals surface area contributed by atoms with Crippen molar-refractivity contribution < 1.29 is 16.8 Å². The number of hydrogen-bond donors (Lipinski definition) is 0. The van der Waals surface area contributed by atoms with Gasteiger partial charge in [0, 0.05) is 10.7 Å². The minimum Gasteiger partial charge on any atom is -0.222 e. The predicted octanol–water partition coefficient (Wildman–Crippen LogP) is 3.04. The zero-order valence-electron chi connectivity index (χ0n) is 11.1. The van der Waals surface area contributed by atoms with Gasteiger partial charge in [0.05, 0.1) is 4.90 Å². The van der Waals surface area contributed by atoms with Gasteiger partial charge in [-0.15, -0.1) is 0 Å². The van der Waals surface area contributed by atoms with Crippen LogP contribution in [0.15, 0.2) is 59.5 Å². The van der Waals surface area contributed by atoms with Crippen molar-refractivity contribution in [3.8, 4) is 0 Å². The zero-order chi connectivity index (χ0) is 15.7. The summed E-state index contributed by atoms with van der Waals surface area (Å²) in [5.74, 6) is 0. The molecule has 0 aliphatic rings. The highest BCUT2D eigenvalue weighted by atomic mass is 35.7. The van der Waals surface area contributed by atoms with E-state index in [9.17, 15) is 16.8 Å². The average Bonchev–Trinajstić information content (AvgIpc) is 2.38. The first kappa shape index (κ1) is 16.0. The van der Waals surface area contributed by atoms with E-state index in [4.69, 9.17) is 10.7 Å². The SMILES string of the molecule is Cc1ccc(S(=O)(=O)C(c2ccccc2)S(=O)(=O)Cl)cc1. The summed E-state index contributed by atoms with van der Waals surface area (Å²) >= 11 is 0. The van der Waals surface area contributed by atoms with E-state index in [2.05, 4.69) is 0 Å². The molecule has 0 spiro atoms.